The molecule has 6 atom stereocenters. The Hall–Kier alpha value is -5.73. The molecule has 1 fully saturated rings. The molecule has 0 aromatic heterocycles. The molecule has 6 unspecified atom stereocenters. The molecule has 10 nitrogen and oxygen atoms in total. The number of aliphatic hydroxyl groups is 2. The lowest BCUT2D eigenvalue weighted by molar-refractivity contribution is -0.252. The van der Waals surface area contributed by atoms with Crippen LogP contribution in [0.5, 0.6) is 17.2 Å². The number of carbonyl (C=O) groups is 1. The van der Waals surface area contributed by atoms with Crippen LogP contribution >= 0.6 is 0 Å². The molecule has 4 aromatic carbocycles. The third-order valence-electron chi connectivity index (χ3n) is 12.7. The van der Waals surface area contributed by atoms with E-state index < -0.39 is 17.7 Å². The number of nitrogens with zero attached hydrogens (tertiary/aromatic N) is 3. The number of oxime groups is 1. The summed E-state index contributed by atoms with van der Waals surface area (Å²) >= 11 is 0. The van der Waals surface area contributed by atoms with Crippen LogP contribution in [0.15, 0.2) is 120 Å². The van der Waals surface area contributed by atoms with E-state index in [4.69, 9.17) is 24.2 Å². The minimum absolute atomic E-state index is 0.0648. The zero-order valence-corrected chi connectivity index (χ0v) is 35.5. The summed E-state index contributed by atoms with van der Waals surface area (Å²) in [5.41, 5.74) is 6.82. The van der Waals surface area contributed by atoms with E-state index in [1.54, 1.807) is 42.3 Å². The molecule has 2 aliphatic carbocycles. The number of aliphatic hydroxyl groups excluding tert-OH is 2. The number of allylic oxidation sites excluding steroid dienone is 1. The van der Waals surface area contributed by atoms with Gasteiger partial charge in [-0.3, -0.25) is 4.79 Å². The van der Waals surface area contributed by atoms with Crippen molar-refractivity contribution < 1.29 is 34.1 Å². The Kier molecular flexibility index (Phi) is 14.1. The van der Waals surface area contributed by atoms with Gasteiger partial charge in [-0.25, -0.2) is 0 Å². The summed E-state index contributed by atoms with van der Waals surface area (Å²) < 4.78 is 20.9. The molecule has 1 heterocycles. The molecule has 7 rings (SSSR count). The highest BCUT2D eigenvalue weighted by Crippen LogP contribution is 2.62. The molecule has 4 aromatic rings. The lowest BCUT2D eigenvalue weighted by Gasteiger charge is -2.59. The van der Waals surface area contributed by atoms with Crippen LogP contribution < -0.4 is 9.47 Å². The minimum atomic E-state index is -1.39. The average Bonchev–Trinajstić information content (AvgIpc) is 3.28. The smallest absolute Gasteiger partial charge is 0.254 e. The van der Waals surface area contributed by atoms with Gasteiger partial charge in [-0.1, -0.05) is 66.5 Å². The third-order valence-corrected chi connectivity index (χ3v) is 12.7. The summed E-state index contributed by atoms with van der Waals surface area (Å²) in [5, 5.41) is 34.3. The maximum Gasteiger partial charge on any atom is 0.254 e. The molecule has 0 saturated heterocycles. The first-order valence-electron chi connectivity index (χ1n) is 21.5. The normalized spacial score (nSPS) is 23.1. The number of benzene rings is 4. The van der Waals surface area contributed by atoms with Crippen LogP contribution in [-0.2, 0) is 16.2 Å². The SMILES string of the molecule is C=CCOC12Oc3ccc(Oc4ccc(C)c(C)c4)cc3C3C(CCCCO)C(CCCCO)C=C(C(=NOCc4ccccc4)CC1N(C)C(=O)c1ccc(C#N)cc1)C32. The van der Waals surface area contributed by atoms with Crippen LogP contribution in [0.2, 0.25) is 0 Å². The number of aryl methyl sites for hydroxylation is 2. The average molecular weight is 824 g/mol. The predicted octanol–water partition coefficient (Wildman–Crippen LogP) is 9.57. The van der Waals surface area contributed by atoms with E-state index in [2.05, 4.69) is 44.7 Å². The van der Waals surface area contributed by atoms with Gasteiger partial charge in [0.25, 0.3) is 5.91 Å². The van der Waals surface area contributed by atoms with Crippen LogP contribution in [0.25, 0.3) is 0 Å². The molecule has 0 bridgehead atoms. The van der Waals surface area contributed by atoms with Gasteiger partial charge in [0.1, 0.15) is 29.9 Å². The summed E-state index contributed by atoms with van der Waals surface area (Å²) in [7, 11) is 1.77. The van der Waals surface area contributed by atoms with Crippen LogP contribution in [0.3, 0.4) is 0 Å². The molecule has 3 aliphatic rings. The van der Waals surface area contributed by atoms with Crippen LogP contribution in [0.1, 0.15) is 89.0 Å². The molecule has 61 heavy (non-hydrogen) atoms. The predicted molar refractivity (Wildman–Crippen MR) is 235 cm³/mol. The fraction of sp³-hybridized carbons (Fsp3) is 0.392. The number of rotatable bonds is 18. The van der Waals surface area contributed by atoms with Crippen molar-refractivity contribution in [3.63, 3.8) is 0 Å². The minimum Gasteiger partial charge on any atom is -0.459 e. The highest BCUT2D eigenvalue weighted by Gasteiger charge is 2.65. The topological polar surface area (TPSA) is 134 Å². The first-order chi connectivity index (χ1) is 29.7. The fourth-order valence-corrected chi connectivity index (χ4v) is 9.50. The lowest BCUT2D eigenvalue weighted by Crippen LogP contribution is -2.69. The Balaban J connectivity index is 1.42. The van der Waals surface area contributed by atoms with Gasteiger partial charge in [0, 0.05) is 43.7 Å². The maximum atomic E-state index is 14.6. The Morgan fingerprint density at radius 2 is 1.67 bits per heavy atom. The molecule has 0 spiro atoms. The van der Waals surface area contributed by atoms with Crippen molar-refractivity contribution in [2.24, 2.45) is 22.9 Å². The summed E-state index contributed by atoms with van der Waals surface area (Å²) in [4.78, 5) is 22.5. The van der Waals surface area contributed by atoms with Crippen LogP contribution in [0.4, 0.5) is 0 Å². The van der Waals surface area contributed by atoms with Crippen molar-refractivity contribution in [2.45, 2.75) is 83.1 Å². The number of unbranched alkanes of at least 4 members (excludes halogenated alkanes) is 2. The Labute approximate surface area is 359 Å². The van der Waals surface area contributed by atoms with Crippen molar-refractivity contribution in [1.29, 1.82) is 5.26 Å². The molecule has 1 amide bonds. The molecule has 318 valence electrons. The Bertz CT molecular complexity index is 2270. The number of hydrogen-bond acceptors (Lipinski definition) is 9. The van der Waals surface area contributed by atoms with Crippen molar-refractivity contribution in [1.82, 2.24) is 4.90 Å². The highest BCUT2D eigenvalue weighted by atomic mass is 16.7. The number of fused-ring (bicyclic) bond motifs is 2. The van der Waals surface area contributed by atoms with Gasteiger partial charge in [0.2, 0.25) is 5.79 Å². The molecule has 10 heteroatoms. The second-order valence-electron chi connectivity index (χ2n) is 16.5. The number of carbonyl (C=O) groups excluding carboxylic acids is 1. The van der Waals surface area contributed by atoms with Gasteiger partial charge in [0.05, 0.1) is 29.9 Å². The molecule has 0 radical (unpaired) electrons. The standard InChI is InChI=1S/C51H57N3O7/c1-5-27-58-51-47(54(4)50(57)38-20-18-36(32-52)19-21-38)31-45(53-59-33-37-13-7-6-8-14-37)43-29-39(15-9-11-25-55)42(16-10-12-26-56)48(49(43)51)44-30-41(23-24-46(44)61-51)60-40-22-17-34(2)35(3)28-40/h5-8,13-14,17-24,28-30,39,42,47-49,55-56H,1,9-12,15-16,25-27,31,33H2,2-4H3. The summed E-state index contributed by atoms with van der Waals surface area (Å²) in [6.07, 6.45) is 8.94. The fourth-order valence-electron chi connectivity index (χ4n) is 9.50. The van der Waals surface area contributed by atoms with E-state index in [1.807, 2.05) is 54.6 Å². The monoisotopic (exact) mass is 823 g/mol. The van der Waals surface area contributed by atoms with Gasteiger partial charge < -0.3 is 34.2 Å². The second-order valence-corrected chi connectivity index (χ2v) is 16.5. The molecule has 2 N–H and O–H groups in total. The maximum absolute atomic E-state index is 14.6. The highest BCUT2D eigenvalue weighted by molar-refractivity contribution is 6.03. The Morgan fingerprint density at radius 1 is 0.951 bits per heavy atom. The molecule has 1 aliphatic heterocycles. The number of amides is 1. The quantitative estimate of drug-likeness (QED) is 0.0576. The molecular formula is C51H57N3O7. The first kappa shape index (κ1) is 43.4. The van der Waals surface area contributed by atoms with E-state index in [0.717, 1.165) is 53.7 Å². The van der Waals surface area contributed by atoms with E-state index in [9.17, 15) is 20.3 Å². The van der Waals surface area contributed by atoms with Gasteiger partial charge in [-0.2, -0.15) is 5.26 Å². The number of ether oxygens (including phenoxy) is 3. The van der Waals surface area contributed by atoms with Crippen LogP contribution in [-0.4, -0.2) is 65.4 Å². The number of hydrogen-bond donors (Lipinski definition) is 2. The van der Waals surface area contributed by atoms with Crippen molar-refractivity contribution in [2.75, 3.05) is 26.9 Å². The second kappa shape index (κ2) is 19.8. The Morgan fingerprint density at radius 3 is 2.38 bits per heavy atom. The first-order valence-corrected chi connectivity index (χ1v) is 21.5. The molecular weight excluding hydrogens is 767 g/mol. The molecule has 1 saturated carbocycles. The summed E-state index contributed by atoms with van der Waals surface area (Å²) in [6.45, 7) is 8.79. The lowest BCUT2D eigenvalue weighted by atomic mass is 9.55. The van der Waals surface area contributed by atoms with Crippen molar-refractivity contribution >= 4 is 11.6 Å². The zero-order valence-electron chi connectivity index (χ0n) is 35.5. The van der Waals surface area contributed by atoms with Crippen LogP contribution in [0, 0.1) is 42.9 Å². The van der Waals surface area contributed by atoms with E-state index in [1.165, 1.54) is 5.56 Å². The van der Waals surface area contributed by atoms with Gasteiger partial charge in [-0.05, 0) is 128 Å². The third kappa shape index (κ3) is 9.30. The van der Waals surface area contributed by atoms with E-state index in [-0.39, 0.29) is 56.5 Å². The summed E-state index contributed by atoms with van der Waals surface area (Å²) in [5.74, 6) is -0.104. The number of likely N-dealkylation sites (N-methyl/N-ethyl adjacent to an activating group) is 1. The zero-order chi connectivity index (χ0) is 42.9. The summed E-state index contributed by atoms with van der Waals surface area (Å²) in [6, 6.07) is 30.0. The van der Waals surface area contributed by atoms with Gasteiger partial charge in [0.15, 0.2) is 0 Å². The number of nitriles is 1. The largest absolute Gasteiger partial charge is 0.459 e. The van der Waals surface area contributed by atoms with Gasteiger partial charge >= 0.3 is 0 Å². The van der Waals surface area contributed by atoms with E-state index >= 15 is 0 Å². The van der Waals surface area contributed by atoms with Crippen molar-refractivity contribution in [3.8, 4) is 23.3 Å². The van der Waals surface area contributed by atoms with E-state index in [0.29, 0.717) is 41.2 Å². The van der Waals surface area contributed by atoms with Gasteiger partial charge in [-0.15, -0.1) is 6.58 Å². The van der Waals surface area contributed by atoms with Crippen molar-refractivity contribution in [3.05, 3.63) is 149 Å².